The van der Waals surface area contributed by atoms with Crippen LogP contribution >= 0.6 is 0 Å². The van der Waals surface area contributed by atoms with E-state index in [0.29, 0.717) is 6.54 Å². The van der Waals surface area contributed by atoms with Crippen LogP contribution in [0.2, 0.25) is 0 Å². The molecule has 3 rings (SSSR count). The van der Waals surface area contributed by atoms with Crippen LogP contribution in [0.3, 0.4) is 0 Å². The summed E-state index contributed by atoms with van der Waals surface area (Å²) in [6, 6.07) is 12.1. The molecule has 1 aromatic carbocycles. The highest BCUT2D eigenvalue weighted by molar-refractivity contribution is 5.70. The molecule has 0 saturated carbocycles. The molecule has 2 unspecified atom stereocenters. The molecular weight excluding hydrogens is 328 g/mol. The number of hydrogen-bond acceptors (Lipinski definition) is 4. The number of hydrogen-bond donors (Lipinski definition) is 1. The number of carboxylic acid groups (broad SMARTS) is 1. The van der Waals surface area contributed by atoms with E-state index in [4.69, 9.17) is 9.72 Å². The fourth-order valence-electron chi connectivity index (χ4n) is 3.60. The number of aromatic nitrogens is 1. The molecule has 0 spiro atoms. The van der Waals surface area contributed by atoms with Gasteiger partial charge in [-0.15, -0.1) is 0 Å². The molecule has 0 aliphatic carbocycles. The second-order valence-electron chi connectivity index (χ2n) is 6.79. The van der Waals surface area contributed by atoms with Crippen molar-refractivity contribution in [2.75, 3.05) is 20.2 Å². The molecule has 2 atom stereocenters. The van der Waals surface area contributed by atoms with E-state index in [9.17, 15) is 9.90 Å². The van der Waals surface area contributed by atoms with E-state index in [-0.39, 0.29) is 12.0 Å². The Labute approximate surface area is 154 Å². The summed E-state index contributed by atoms with van der Waals surface area (Å²) in [5.41, 5.74) is 3.26. The lowest BCUT2D eigenvalue weighted by Gasteiger charge is -2.37. The van der Waals surface area contributed by atoms with Crippen LogP contribution in [-0.2, 0) is 11.2 Å². The van der Waals surface area contributed by atoms with Crippen LogP contribution in [0.4, 0.5) is 0 Å². The number of ether oxygens (including phenoxy) is 1. The summed E-state index contributed by atoms with van der Waals surface area (Å²) in [5, 5.41) is 9.46. The van der Waals surface area contributed by atoms with Gasteiger partial charge in [-0.2, -0.15) is 0 Å². The Bertz CT molecular complexity index is 680. The van der Waals surface area contributed by atoms with Crippen LogP contribution in [-0.4, -0.2) is 41.2 Å². The molecule has 2 heterocycles. The van der Waals surface area contributed by atoms with Crippen molar-refractivity contribution in [2.24, 2.45) is 5.92 Å². The molecule has 2 aromatic rings. The number of pyridine rings is 1. The van der Waals surface area contributed by atoms with E-state index < -0.39 is 5.97 Å². The van der Waals surface area contributed by atoms with Crippen LogP contribution in [0, 0.1) is 5.92 Å². The van der Waals surface area contributed by atoms with Crippen molar-refractivity contribution in [2.45, 2.75) is 32.2 Å². The van der Waals surface area contributed by atoms with Crippen molar-refractivity contribution < 1.29 is 14.6 Å². The maximum atomic E-state index is 11.5. The molecule has 1 aromatic heterocycles. The maximum Gasteiger partial charge on any atom is 0.307 e. The third kappa shape index (κ3) is 4.05. The average Bonchev–Trinajstić information content (AvgIpc) is 2.69. The SMILES string of the molecule is CCc1ccc(C(c2ccc(OC)cc2)N2CCCC(C(=O)O)C2)nc1. The zero-order valence-electron chi connectivity index (χ0n) is 15.4. The number of likely N-dealkylation sites (tertiary alicyclic amines) is 1. The second kappa shape index (κ2) is 8.32. The first-order valence-electron chi connectivity index (χ1n) is 9.18. The van der Waals surface area contributed by atoms with Crippen molar-refractivity contribution >= 4 is 5.97 Å². The largest absolute Gasteiger partial charge is 0.497 e. The van der Waals surface area contributed by atoms with Crippen molar-refractivity contribution in [1.82, 2.24) is 9.88 Å². The summed E-state index contributed by atoms with van der Waals surface area (Å²) in [6.45, 7) is 3.53. The molecule has 26 heavy (non-hydrogen) atoms. The molecule has 1 fully saturated rings. The fraction of sp³-hybridized carbons (Fsp3) is 0.429. The van der Waals surface area contributed by atoms with E-state index in [2.05, 4.69) is 24.0 Å². The minimum absolute atomic E-state index is 0.0473. The summed E-state index contributed by atoms with van der Waals surface area (Å²) in [4.78, 5) is 18.4. The molecule has 1 aliphatic heterocycles. The quantitative estimate of drug-likeness (QED) is 0.860. The minimum Gasteiger partial charge on any atom is -0.497 e. The summed E-state index contributed by atoms with van der Waals surface area (Å²) < 4.78 is 5.27. The monoisotopic (exact) mass is 354 g/mol. The topological polar surface area (TPSA) is 62.7 Å². The Morgan fingerprint density at radius 3 is 2.65 bits per heavy atom. The highest BCUT2D eigenvalue weighted by Crippen LogP contribution is 2.32. The van der Waals surface area contributed by atoms with Gasteiger partial charge in [0.1, 0.15) is 5.75 Å². The van der Waals surface area contributed by atoms with Gasteiger partial charge in [-0.1, -0.05) is 25.1 Å². The Hall–Kier alpha value is -2.40. The van der Waals surface area contributed by atoms with E-state index >= 15 is 0 Å². The van der Waals surface area contributed by atoms with Crippen LogP contribution in [0.5, 0.6) is 5.75 Å². The third-order valence-corrected chi connectivity index (χ3v) is 5.13. The maximum absolute atomic E-state index is 11.5. The molecule has 1 saturated heterocycles. The Balaban J connectivity index is 1.95. The molecule has 1 aliphatic rings. The summed E-state index contributed by atoms with van der Waals surface area (Å²) in [5.74, 6) is -0.222. The fourth-order valence-corrected chi connectivity index (χ4v) is 3.60. The number of aryl methyl sites for hydroxylation is 1. The number of aliphatic carboxylic acids is 1. The molecule has 0 radical (unpaired) electrons. The molecule has 0 amide bonds. The van der Waals surface area contributed by atoms with E-state index in [0.717, 1.165) is 42.8 Å². The third-order valence-electron chi connectivity index (χ3n) is 5.13. The molecule has 5 nitrogen and oxygen atoms in total. The summed E-state index contributed by atoms with van der Waals surface area (Å²) in [6.07, 6.45) is 4.50. The van der Waals surface area contributed by atoms with E-state index in [1.54, 1.807) is 7.11 Å². The van der Waals surface area contributed by atoms with Gasteiger partial charge in [0.05, 0.1) is 24.8 Å². The number of benzene rings is 1. The van der Waals surface area contributed by atoms with E-state index in [1.807, 2.05) is 30.5 Å². The zero-order chi connectivity index (χ0) is 18.5. The number of rotatable bonds is 6. The normalized spacial score (nSPS) is 19.1. The van der Waals surface area contributed by atoms with Gasteiger partial charge in [-0.25, -0.2) is 0 Å². The summed E-state index contributed by atoms with van der Waals surface area (Å²) in [7, 11) is 1.65. The zero-order valence-corrected chi connectivity index (χ0v) is 15.4. The Morgan fingerprint density at radius 2 is 2.08 bits per heavy atom. The van der Waals surface area contributed by atoms with Gasteiger partial charge < -0.3 is 9.84 Å². The predicted octanol–water partition coefficient (Wildman–Crippen LogP) is 3.54. The van der Waals surface area contributed by atoms with Crippen molar-refractivity contribution in [3.8, 4) is 5.75 Å². The van der Waals surface area contributed by atoms with E-state index in [1.165, 1.54) is 5.56 Å². The highest BCUT2D eigenvalue weighted by Gasteiger charge is 2.31. The molecular formula is C21H26N2O3. The average molecular weight is 354 g/mol. The lowest BCUT2D eigenvalue weighted by molar-refractivity contribution is -0.143. The van der Waals surface area contributed by atoms with Crippen LogP contribution in [0.1, 0.15) is 42.6 Å². The molecule has 0 bridgehead atoms. The standard InChI is InChI=1S/C21H26N2O3/c1-3-15-6-11-19(22-13-15)20(16-7-9-18(26-2)10-8-16)23-12-4-5-17(14-23)21(24)25/h6-11,13,17,20H,3-5,12,14H2,1-2H3,(H,24,25). The Kier molecular flexibility index (Phi) is 5.89. The van der Waals surface area contributed by atoms with Crippen LogP contribution in [0.25, 0.3) is 0 Å². The number of carboxylic acids is 1. The van der Waals surface area contributed by atoms with Gasteiger partial charge in [0.15, 0.2) is 0 Å². The van der Waals surface area contributed by atoms with Crippen molar-refractivity contribution in [3.63, 3.8) is 0 Å². The van der Waals surface area contributed by atoms with Crippen LogP contribution in [0.15, 0.2) is 42.6 Å². The smallest absolute Gasteiger partial charge is 0.307 e. The first-order valence-corrected chi connectivity index (χ1v) is 9.18. The van der Waals surface area contributed by atoms with Gasteiger partial charge in [-0.05, 0) is 55.1 Å². The van der Waals surface area contributed by atoms with Crippen molar-refractivity contribution in [1.29, 1.82) is 0 Å². The number of carbonyl (C=O) groups is 1. The first-order chi connectivity index (χ1) is 12.6. The minimum atomic E-state index is -0.711. The molecule has 138 valence electrons. The predicted molar refractivity (Wildman–Crippen MR) is 100 cm³/mol. The number of piperidine rings is 1. The first kappa shape index (κ1) is 18.4. The van der Waals surface area contributed by atoms with Gasteiger partial charge in [-0.3, -0.25) is 14.7 Å². The highest BCUT2D eigenvalue weighted by atomic mass is 16.5. The Morgan fingerprint density at radius 1 is 1.31 bits per heavy atom. The lowest BCUT2D eigenvalue weighted by Crippen LogP contribution is -2.41. The van der Waals surface area contributed by atoms with Crippen LogP contribution < -0.4 is 4.74 Å². The van der Waals surface area contributed by atoms with Gasteiger partial charge in [0.25, 0.3) is 0 Å². The molecule has 1 N–H and O–H groups in total. The number of methoxy groups -OCH3 is 1. The molecule has 5 heteroatoms. The number of nitrogens with zero attached hydrogens (tertiary/aromatic N) is 2. The second-order valence-corrected chi connectivity index (χ2v) is 6.79. The van der Waals surface area contributed by atoms with Gasteiger partial charge in [0.2, 0.25) is 0 Å². The van der Waals surface area contributed by atoms with Gasteiger partial charge >= 0.3 is 5.97 Å². The van der Waals surface area contributed by atoms with Gasteiger partial charge in [0, 0.05) is 12.7 Å². The lowest BCUT2D eigenvalue weighted by atomic mass is 9.93. The van der Waals surface area contributed by atoms with Crippen molar-refractivity contribution in [3.05, 3.63) is 59.4 Å². The summed E-state index contributed by atoms with van der Waals surface area (Å²) >= 11 is 0.